The van der Waals surface area contributed by atoms with E-state index in [1.54, 1.807) is 0 Å². The molecule has 2 nitrogen and oxygen atoms in total. The summed E-state index contributed by atoms with van der Waals surface area (Å²) in [6.45, 7) is 12.5. The number of hydrogen-bond acceptors (Lipinski definition) is 2. The molecule has 122 valence electrons. The third-order valence-electron chi connectivity index (χ3n) is 6.75. The minimum Gasteiger partial charge on any atom is -0.368 e. The molecule has 0 aromatic carbocycles. The molecule has 4 atom stereocenters. The number of epoxide rings is 1. The van der Waals surface area contributed by atoms with Crippen molar-refractivity contribution < 1.29 is 9.53 Å². The van der Waals surface area contributed by atoms with E-state index in [0.29, 0.717) is 23.4 Å². The first-order chi connectivity index (χ1) is 10.4. The Bertz CT molecular complexity index is 498. The quantitative estimate of drug-likeness (QED) is 0.326. The number of aldehydes is 1. The van der Waals surface area contributed by atoms with Crippen LogP contribution in [0.2, 0.25) is 0 Å². The molecule has 2 saturated carbocycles. The molecule has 1 aliphatic heterocycles. The Morgan fingerprint density at radius 2 is 2.09 bits per heavy atom. The van der Waals surface area contributed by atoms with Crippen molar-refractivity contribution in [2.45, 2.75) is 65.4 Å². The Morgan fingerprint density at radius 3 is 2.73 bits per heavy atom. The molecule has 3 aliphatic rings. The Balaban J connectivity index is 1.84. The lowest BCUT2D eigenvalue weighted by Crippen LogP contribution is -2.49. The molecule has 0 radical (unpaired) electrons. The van der Waals surface area contributed by atoms with Crippen LogP contribution in [-0.4, -0.2) is 19.0 Å². The second-order valence-corrected chi connectivity index (χ2v) is 8.53. The lowest BCUT2D eigenvalue weighted by molar-refractivity contribution is -0.105. The smallest absolute Gasteiger partial charge is 0.148 e. The molecule has 2 heteroatoms. The van der Waals surface area contributed by atoms with Crippen LogP contribution in [0.1, 0.15) is 59.3 Å². The van der Waals surface area contributed by atoms with Crippen LogP contribution in [0.25, 0.3) is 0 Å². The third kappa shape index (κ3) is 2.71. The first-order valence-electron chi connectivity index (χ1n) is 8.83. The maximum absolute atomic E-state index is 11.2. The van der Waals surface area contributed by atoms with Crippen molar-refractivity contribution in [3.63, 3.8) is 0 Å². The van der Waals surface area contributed by atoms with Gasteiger partial charge in [-0.15, -0.1) is 0 Å². The van der Waals surface area contributed by atoms with Crippen LogP contribution in [0.4, 0.5) is 0 Å². The predicted octanol–water partition coefficient (Wildman–Crippen LogP) is 4.70. The monoisotopic (exact) mass is 302 g/mol. The van der Waals surface area contributed by atoms with Crippen molar-refractivity contribution in [2.75, 3.05) is 6.61 Å². The van der Waals surface area contributed by atoms with Gasteiger partial charge in [0.1, 0.15) is 12.4 Å². The van der Waals surface area contributed by atoms with E-state index in [2.05, 4.69) is 33.4 Å². The highest BCUT2D eigenvalue weighted by Crippen LogP contribution is 2.61. The number of fused-ring (bicyclic) bond motifs is 1. The molecule has 0 amide bonds. The summed E-state index contributed by atoms with van der Waals surface area (Å²) in [4.78, 5) is 11.2. The largest absolute Gasteiger partial charge is 0.368 e. The molecule has 0 aromatic heterocycles. The fourth-order valence-corrected chi connectivity index (χ4v) is 5.46. The summed E-state index contributed by atoms with van der Waals surface area (Å²) in [6, 6.07) is 0. The molecular formula is C20H30O2. The summed E-state index contributed by atoms with van der Waals surface area (Å²) >= 11 is 0. The first kappa shape index (κ1) is 16.0. The average molecular weight is 302 g/mol. The highest BCUT2D eigenvalue weighted by Gasteiger charge is 2.52. The Kier molecular flexibility index (Phi) is 4.09. The van der Waals surface area contributed by atoms with E-state index in [1.165, 1.54) is 31.3 Å². The van der Waals surface area contributed by atoms with E-state index in [0.717, 1.165) is 30.6 Å². The number of carbonyl (C=O) groups excluding carboxylic acids is 1. The van der Waals surface area contributed by atoms with Gasteiger partial charge in [0.05, 0.1) is 6.61 Å². The number of allylic oxidation sites excluding steroid dienone is 2. The normalized spacial score (nSPS) is 41.0. The van der Waals surface area contributed by atoms with Crippen molar-refractivity contribution in [1.29, 1.82) is 0 Å². The zero-order chi connectivity index (χ0) is 16.0. The Labute approximate surface area is 135 Å². The van der Waals surface area contributed by atoms with Gasteiger partial charge in [0, 0.05) is 5.57 Å². The summed E-state index contributed by atoms with van der Waals surface area (Å²) in [6.07, 6.45) is 10.5. The van der Waals surface area contributed by atoms with Gasteiger partial charge in [0.15, 0.2) is 0 Å². The lowest BCUT2D eigenvalue weighted by Gasteiger charge is -2.58. The molecule has 0 unspecified atom stereocenters. The number of ether oxygens (including phenoxy) is 1. The Hall–Kier alpha value is -0.890. The van der Waals surface area contributed by atoms with Gasteiger partial charge in [-0.25, -0.2) is 0 Å². The van der Waals surface area contributed by atoms with Crippen LogP contribution in [-0.2, 0) is 9.53 Å². The van der Waals surface area contributed by atoms with Gasteiger partial charge in [-0.2, -0.15) is 0 Å². The minimum atomic E-state index is 0.0701. The van der Waals surface area contributed by atoms with Crippen LogP contribution in [0.5, 0.6) is 0 Å². The van der Waals surface area contributed by atoms with Crippen molar-refractivity contribution in [2.24, 2.45) is 22.7 Å². The summed E-state index contributed by atoms with van der Waals surface area (Å²) in [5, 5.41) is 0. The maximum Gasteiger partial charge on any atom is 0.148 e. The maximum atomic E-state index is 11.2. The van der Waals surface area contributed by atoms with Crippen LogP contribution < -0.4 is 0 Å². The highest BCUT2D eigenvalue weighted by molar-refractivity contribution is 5.75. The molecule has 1 heterocycles. The standard InChI is InChI=1S/C20H30O2/c1-14-6-9-18-19(2,3)10-5-11-20(18,4)16(14)8-7-15(12-21)17-13-22-17/h7,12,16-18H,1,5-6,8-11,13H2,2-4H3/b15-7-/t16-,17+,18-,20+/m0/s1. The van der Waals surface area contributed by atoms with Gasteiger partial charge < -0.3 is 4.74 Å². The summed E-state index contributed by atoms with van der Waals surface area (Å²) in [5.41, 5.74) is 3.01. The molecule has 0 aromatic rings. The van der Waals surface area contributed by atoms with Crippen molar-refractivity contribution in [3.8, 4) is 0 Å². The van der Waals surface area contributed by atoms with Gasteiger partial charge in [-0.3, -0.25) is 4.79 Å². The average Bonchev–Trinajstić information content (AvgIpc) is 3.25. The van der Waals surface area contributed by atoms with Gasteiger partial charge >= 0.3 is 0 Å². The summed E-state index contributed by atoms with van der Waals surface area (Å²) in [5.74, 6) is 1.29. The van der Waals surface area contributed by atoms with Gasteiger partial charge in [0.25, 0.3) is 0 Å². The first-order valence-corrected chi connectivity index (χ1v) is 8.83. The van der Waals surface area contributed by atoms with E-state index in [4.69, 9.17) is 4.74 Å². The lowest BCUT2D eigenvalue weighted by atomic mass is 9.47. The predicted molar refractivity (Wildman–Crippen MR) is 89.6 cm³/mol. The zero-order valence-electron chi connectivity index (χ0n) is 14.4. The molecule has 0 spiro atoms. The molecular weight excluding hydrogens is 272 g/mol. The van der Waals surface area contributed by atoms with E-state index >= 15 is 0 Å². The zero-order valence-corrected chi connectivity index (χ0v) is 14.4. The molecule has 22 heavy (non-hydrogen) atoms. The van der Waals surface area contributed by atoms with Gasteiger partial charge in [0.2, 0.25) is 0 Å². The molecule has 3 fully saturated rings. The SMILES string of the molecule is C=C1CC[C@H]2C(C)(C)CCC[C@]2(C)[C@H]1C/C=C(/C=O)[C@H]1CO1. The second-order valence-electron chi connectivity index (χ2n) is 8.53. The highest BCUT2D eigenvalue weighted by atomic mass is 16.6. The van der Waals surface area contributed by atoms with E-state index < -0.39 is 0 Å². The van der Waals surface area contributed by atoms with Crippen molar-refractivity contribution in [3.05, 3.63) is 23.8 Å². The minimum absolute atomic E-state index is 0.0701. The molecule has 3 rings (SSSR count). The number of carbonyl (C=O) groups is 1. The second kappa shape index (κ2) is 5.63. The van der Waals surface area contributed by atoms with Crippen LogP contribution in [0.3, 0.4) is 0 Å². The van der Waals surface area contributed by atoms with Crippen LogP contribution in [0.15, 0.2) is 23.8 Å². The fraction of sp³-hybridized carbons (Fsp3) is 0.750. The number of rotatable bonds is 4. The van der Waals surface area contributed by atoms with Gasteiger partial charge in [-0.05, 0) is 54.8 Å². The third-order valence-corrected chi connectivity index (χ3v) is 6.75. The van der Waals surface area contributed by atoms with Crippen molar-refractivity contribution in [1.82, 2.24) is 0 Å². The summed E-state index contributed by atoms with van der Waals surface area (Å²) < 4.78 is 5.27. The molecule has 1 saturated heterocycles. The number of hydrogen-bond donors (Lipinski definition) is 0. The van der Waals surface area contributed by atoms with E-state index in [9.17, 15) is 4.79 Å². The summed E-state index contributed by atoms with van der Waals surface area (Å²) in [7, 11) is 0. The van der Waals surface area contributed by atoms with Crippen LogP contribution >= 0.6 is 0 Å². The molecule has 2 aliphatic carbocycles. The Morgan fingerprint density at radius 1 is 1.36 bits per heavy atom. The fourth-order valence-electron chi connectivity index (χ4n) is 5.46. The van der Waals surface area contributed by atoms with Crippen molar-refractivity contribution >= 4 is 6.29 Å². The van der Waals surface area contributed by atoms with E-state index in [-0.39, 0.29) is 6.10 Å². The topological polar surface area (TPSA) is 29.6 Å². The van der Waals surface area contributed by atoms with Gasteiger partial charge in [-0.1, -0.05) is 45.4 Å². The van der Waals surface area contributed by atoms with Crippen LogP contribution in [0, 0.1) is 22.7 Å². The molecule has 0 bridgehead atoms. The van der Waals surface area contributed by atoms with E-state index in [1.807, 2.05) is 0 Å². The molecule has 0 N–H and O–H groups in total.